The normalized spacial score (nSPS) is 12.4. The first-order valence-electron chi connectivity index (χ1n) is 30.3. The Morgan fingerprint density at radius 3 is 0.957 bits per heavy atom. The summed E-state index contributed by atoms with van der Waals surface area (Å²) in [5.41, 5.74) is 0. The fourth-order valence-corrected chi connectivity index (χ4v) is 8.75. The van der Waals surface area contributed by atoms with Crippen LogP contribution >= 0.6 is 0 Å². The molecular formula is C64H114O6. The summed E-state index contributed by atoms with van der Waals surface area (Å²) in [5, 5.41) is 0. The first-order valence-corrected chi connectivity index (χ1v) is 30.3. The van der Waals surface area contributed by atoms with Crippen LogP contribution in [-0.2, 0) is 28.6 Å². The molecule has 0 amide bonds. The maximum Gasteiger partial charge on any atom is 0.306 e. The van der Waals surface area contributed by atoms with Gasteiger partial charge >= 0.3 is 17.9 Å². The molecule has 6 nitrogen and oxygen atoms in total. The number of esters is 3. The van der Waals surface area contributed by atoms with Crippen LogP contribution in [0, 0.1) is 0 Å². The third-order valence-corrected chi connectivity index (χ3v) is 13.3. The second-order valence-electron chi connectivity index (χ2n) is 20.2. The van der Waals surface area contributed by atoms with Gasteiger partial charge in [0, 0.05) is 19.3 Å². The van der Waals surface area contributed by atoms with Gasteiger partial charge in [0.1, 0.15) is 13.2 Å². The van der Waals surface area contributed by atoms with Gasteiger partial charge in [0.05, 0.1) is 0 Å². The monoisotopic (exact) mass is 979 g/mol. The van der Waals surface area contributed by atoms with Gasteiger partial charge in [-0.25, -0.2) is 0 Å². The lowest BCUT2D eigenvalue weighted by Gasteiger charge is -2.18. The van der Waals surface area contributed by atoms with E-state index in [1.807, 2.05) is 6.08 Å². The minimum atomic E-state index is -0.800. The Hall–Kier alpha value is -2.89. The lowest BCUT2D eigenvalue weighted by Crippen LogP contribution is -2.30. The van der Waals surface area contributed by atoms with E-state index in [0.717, 1.165) is 64.2 Å². The fourth-order valence-electron chi connectivity index (χ4n) is 8.75. The van der Waals surface area contributed by atoms with Gasteiger partial charge in [0.25, 0.3) is 0 Å². The van der Waals surface area contributed by atoms with Crippen molar-refractivity contribution in [2.75, 3.05) is 13.2 Å². The Kier molecular flexibility index (Phi) is 56.3. The van der Waals surface area contributed by atoms with Gasteiger partial charge in [-0.05, 0) is 70.6 Å². The number of carbonyl (C=O) groups is 3. The Morgan fingerprint density at radius 1 is 0.300 bits per heavy atom. The molecule has 406 valence electrons. The predicted octanol–water partition coefficient (Wildman–Crippen LogP) is 20.4. The first kappa shape index (κ1) is 67.1. The number of carbonyl (C=O) groups excluding carboxylic acids is 3. The van der Waals surface area contributed by atoms with Crippen molar-refractivity contribution in [3.63, 3.8) is 0 Å². The lowest BCUT2D eigenvalue weighted by molar-refractivity contribution is -0.166. The molecule has 0 bridgehead atoms. The largest absolute Gasteiger partial charge is 0.462 e. The summed E-state index contributed by atoms with van der Waals surface area (Å²) in [7, 11) is 0. The van der Waals surface area contributed by atoms with Crippen molar-refractivity contribution in [1.29, 1.82) is 0 Å². The Bertz CT molecular complexity index is 1260. The summed E-state index contributed by atoms with van der Waals surface area (Å²) in [5.74, 6) is -0.964. The molecule has 0 aromatic rings. The van der Waals surface area contributed by atoms with Gasteiger partial charge in [0.2, 0.25) is 0 Å². The molecule has 0 heterocycles. The van der Waals surface area contributed by atoms with Gasteiger partial charge in [-0.1, -0.05) is 281 Å². The molecule has 0 aliphatic rings. The molecule has 0 N–H and O–H groups in total. The van der Waals surface area contributed by atoms with Gasteiger partial charge in [-0.15, -0.1) is 0 Å². The Balaban J connectivity index is 4.27. The van der Waals surface area contributed by atoms with Crippen molar-refractivity contribution < 1.29 is 28.6 Å². The zero-order valence-electron chi connectivity index (χ0n) is 46.5. The van der Waals surface area contributed by atoms with Crippen molar-refractivity contribution in [3.05, 3.63) is 60.8 Å². The summed E-state index contributed by atoms with van der Waals surface area (Å²) in [6.07, 6.45) is 73.9. The van der Waals surface area contributed by atoms with E-state index in [2.05, 4.69) is 75.5 Å². The van der Waals surface area contributed by atoms with Crippen LogP contribution in [0.15, 0.2) is 60.8 Å². The number of hydrogen-bond acceptors (Lipinski definition) is 6. The minimum absolute atomic E-state index is 0.0930. The van der Waals surface area contributed by atoms with E-state index in [0.29, 0.717) is 19.3 Å². The van der Waals surface area contributed by atoms with Crippen LogP contribution in [0.1, 0.15) is 310 Å². The molecule has 6 heteroatoms. The van der Waals surface area contributed by atoms with Crippen molar-refractivity contribution in [1.82, 2.24) is 0 Å². The average Bonchev–Trinajstić information content (AvgIpc) is 3.36. The van der Waals surface area contributed by atoms with Crippen LogP contribution in [0.2, 0.25) is 0 Å². The molecule has 0 fully saturated rings. The summed E-state index contributed by atoms with van der Waals surface area (Å²) in [6.45, 7) is 6.49. The number of rotatable bonds is 55. The molecule has 70 heavy (non-hydrogen) atoms. The first-order chi connectivity index (χ1) is 34.5. The highest BCUT2D eigenvalue weighted by atomic mass is 16.6. The zero-order chi connectivity index (χ0) is 50.7. The van der Waals surface area contributed by atoms with Crippen LogP contribution in [0.4, 0.5) is 0 Å². The molecule has 0 aromatic heterocycles. The quantitative estimate of drug-likeness (QED) is 0.0261. The molecule has 1 unspecified atom stereocenters. The minimum Gasteiger partial charge on any atom is -0.462 e. The molecule has 0 spiro atoms. The van der Waals surface area contributed by atoms with Crippen LogP contribution in [0.25, 0.3) is 0 Å². The SMILES string of the molecule is CC/C=C\C/C=C\C/C=C\C/C=C\CCC(=O)OCC(COC(=O)CCCCCCCCCCCCCCC/C=C\CCCCCCCCCC)OC(=O)CCCCCCCCCCCCCCCC. The fraction of sp³-hybridized carbons (Fsp3) is 0.797. The molecule has 0 aliphatic carbocycles. The number of hydrogen-bond donors (Lipinski definition) is 0. The number of ether oxygens (including phenoxy) is 3. The van der Waals surface area contributed by atoms with Crippen molar-refractivity contribution in [2.45, 2.75) is 316 Å². The third kappa shape index (κ3) is 56.0. The molecule has 0 rings (SSSR count). The zero-order valence-corrected chi connectivity index (χ0v) is 46.5. The number of unbranched alkanes of at least 4 members (excludes halogenated alkanes) is 34. The maximum absolute atomic E-state index is 12.8. The predicted molar refractivity (Wildman–Crippen MR) is 302 cm³/mol. The van der Waals surface area contributed by atoms with Gasteiger partial charge in [-0.3, -0.25) is 14.4 Å². The molecule has 0 aromatic carbocycles. The van der Waals surface area contributed by atoms with E-state index in [-0.39, 0.29) is 37.5 Å². The molecule has 0 saturated carbocycles. The van der Waals surface area contributed by atoms with E-state index in [1.165, 1.54) is 199 Å². The summed E-state index contributed by atoms with van der Waals surface area (Å²) in [6, 6.07) is 0. The van der Waals surface area contributed by atoms with Crippen LogP contribution in [0.5, 0.6) is 0 Å². The second-order valence-corrected chi connectivity index (χ2v) is 20.2. The van der Waals surface area contributed by atoms with Crippen molar-refractivity contribution >= 4 is 17.9 Å². The van der Waals surface area contributed by atoms with E-state index in [1.54, 1.807) is 0 Å². The van der Waals surface area contributed by atoms with Gasteiger partial charge in [0.15, 0.2) is 6.10 Å². The van der Waals surface area contributed by atoms with Crippen molar-refractivity contribution in [3.8, 4) is 0 Å². The van der Waals surface area contributed by atoms with E-state index in [4.69, 9.17) is 14.2 Å². The smallest absolute Gasteiger partial charge is 0.306 e. The standard InChI is InChI=1S/C64H114O6/c1-4-7-10-13-16-19-22-25-27-28-29-30-31-32-33-34-35-36-37-40-42-45-48-51-54-57-63(66)69-60-61(59-68-62(65)56-53-50-47-44-41-38-24-21-18-15-12-9-6-3)70-64(67)58-55-52-49-46-43-39-26-23-20-17-14-11-8-5-2/h9,12,18,21,28-29,38,41,47,50,61H,4-8,10-11,13-17,19-20,22-27,30-37,39-40,42-46,48-49,51-60H2,1-3H3/b12-9-,21-18-,29-28-,41-38-,50-47-. The average molecular weight is 980 g/mol. The van der Waals surface area contributed by atoms with E-state index in [9.17, 15) is 14.4 Å². The van der Waals surface area contributed by atoms with Gasteiger partial charge < -0.3 is 14.2 Å². The summed E-state index contributed by atoms with van der Waals surface area (Å²) in [4.78, 5) is 38.1. The molecular weight excluding hydrogens is 865 g/mol. The molecule has 0 saturated heterocycles. The number of allylic oxidation sites excluding steroid dienone is 10. The summed E-state index contributed by atoms with van der Waals surface area (Å²) < 4.78 is 16.8. The van der Waals surface area contributed by atoms with E-state index < -0.39 is 6.10 Å². The topological polar surface area (TPSA) is 78.9 Å². The van der Waals surface area contributed by atoms with Gasteiger partial charge in [-0.2, -0.15) is 0 Å². The lowest BCUT2D eigenvalue weighted by atomic mass is 10.0. The van der Waals surface area contributed by atoms with Crippen LogP contribution in [-0.4, -0.2) is 37.2 Å². The summed E-state index contributed by atoms with van der Waals surface area (Å²) >= 11 is 0. The molecule has 0 radical (unpaired) electrons. The van der Waals surface area contributed by atoms with Crippen LogP contribution in [0.3, 0.4) is 0 Å². The highest BCUT2D eigenvalue weighted by molar-refractivity contribution is 5.71. The molecule has 1 atom stereocenters. The Labute approximate surface area is 434 Å². The van der Waals surface area contributed by atoms with E-state index >= 15 is 0 Å². The van der Waals surface area contributed by atoms with Crippen molar-refractivity contribution in [2.24, 2.45) is 0 Å². The highest BCUT2D eigenvalue weighted by Crippen LogP contribution is 2.17. The molecule has 0 aliphatic heterocycles. The van der Waals surface area contributed by atoms with Crippen LogP contribution < -0.4 is 0 Å². The Morgan fingerprint density at radius 2 is 0.586 bits per heavy atom. The maximum atomic E-state index is 12.8. The second kappa shape index (κ2) is 58.7. The third-order valence-electron chi connectivity index (χ3n) is 13.3. The highest BCUT2D eigenvalue weighted by Gasteiger charge is 2.19.